The van der Waals surface area contributed by atoms with Gasteiger partial charge in [0.1, 0.15) is 11.9 Å². The number of aliphatic carboxylic acids is 2. The molecule has 3 aliphatic rings. The van der Waals surface area contributed by atoms with Crippen molar-refractivity contribution >= 4 is 17.6 Å². The standard InChI is InChI=1S/C20H24N2O.C4H4O4/c1-14-2-3-17(12-19(14)21)15-4-6-18(7-5-15)23-20-13-22-10-8-16(20)9-11-22;5-3(6)1-2-4(7)8/h2-7,12,16,20H,8-11,13,21H2,1H3;1-2H,(H,5,6)(H,7,8)/b;2-1+/t20-;/m0./s1. The van der Waals surface area contributed by atoms with Crippen LogP contribution in [0.4, 0.5) is 5.69 Å². The molecule has 7 nitrogen and oxygen atoms in total. The summed E-state index contributed by atoms with van der Waals surface area (Å²) < 4.78 is 6.26. The molecular formula is C24H28N2O5. The SMILES string of the molecule is Cc1ccc(-c2ccc(O[C@H]3CN4CCC3CC4)cc2)cc1N.O=C(O)/C=C/C(=O)O. The fourth-order valence-corrected chi connectivity index (χ4v) is 3.91. The third-order valence-electron chi connectivity index (χ3n) is 5.72. The smallest absolute Gasteiger partial charge is 0.328 e. The number of anilines is 1. The van der Waals surface area contributed by atoms with Gasteiger partial charge in [-0.15, -0.1) is 0 Å². The number of carbonyl (C=O) groups is 2. The molecule has 3 heterocycles. The van der Waals surface area contributed by atoms with Crippen LogP contribution >= 0.6 is 0 Å². The first-order chi connectivity index (χ1) is 14.8. The summed E-state index contributed by atoms with van der Waals surface area (Å²) >= 11 is 0. The highest BCUT2D eigenvalue weighted by Crippen LogP contribution is 2.31. The van der Waals surface area contributed by atoms with Gasteiger partial charge in [0.15, 0.2) is 0 Å². The van der Waals surface area contributed by atoms with Gasteiger partial charge in [0.05, 0.1) is 0 Å². The summed E-state index contributed by atoms with van der Waals surface area (Å²) in [6.45, 7) is 5.61. The van der Waals surface area contributed by atoms with Gasteiger partial charge in [-0.2, -0.15) is 0 Å². The molecule has 1 atom stereocenters. The molecule has 4 N–H and O–H groups in total. The van der Waals surface area contributed by atoms with Crippen LogP contribution < -0.4 is 10.5 Å². The lowest BCUT2D eigenvalue weighted by Crippen LogP contribution is -2.52. The largest absolute Gasteiger partial charge is 0.489 e. The Hall–Kier alpha value is -3.32. The van der Waals surface area contributed by atoms with Crippen molar-refractivity contribution < 1.29 is 24.5 Å². The average Bonchev–Trinajstić information content (AvgIpc) is 2.76. The van der Waals surface area contributed by atoms with E-state index in [-0.39, 0.29) is 0 Å². The van der Waals surface area contributed by atoms with Gasteiger partial charge in [-0.1, -0.05) is 24.3 Å². The van der Waals surface area contributed by atoms with Crippen LogP contribution in [0.5, 0.6) is 5.75 Å². The number of piperidine rings is 3. The van der Waals surface area contributed by atoms with E-state index in [0.29, 0.717) is 18.3 Å². The monoisotopic (exact) mass is 424 g/mol. The number of benzene rings is 2. The van der Waals surface area contributed by atoms with Crippen molar-refractivity contribution in [2.45, 2.75) is 25.9 Å². The molecule has 0 saturated carbocycles. The van der Waals surface area contributed by atoms with Crippen molar-refractivity contribution in [1.29, 1.82) is 0 Å². The van der Waals surface area contributed by atoms with Crippen LogP contribution in [0.25, 0.3) is 11.1 Å². The van der Waals surface area contributed by atoms with Gasteiger partial charge in [-0.3, -0.25) is 4.90 Å². The first-order valence-corrected chi connectivity index (χ1v) is 10.3. The lowest BCUT2D eigenvalue weighted by atomic mass is 9.86. The van der Waals surface area contributed by atoms with Gasteiger partial charge < -0.3 is 20.7 Å². The lowest BCUT2D eigenvalue weighted by Gasteiger charge is -2.44. The van der Waals surface area contributed by atoms with Crippen molar-refractivity contribution in [3.8, 4) is 16.9 Å². The van der Waals surface area contributed by atoms with E-state index in [1.807, 2.05) is 13.0 Å². The maximum Gasteiger partial charge on any atom is 0.328 e. The zero-order valence-corrected chi connectivity index (χ0v) is 17.5. The molecule has 5 rings (SSSR count). The number of hydrogen-bond acceptors (Lipinski definition) is 5. The number of ether oxygens (including phenoxy) is 1. The molecule has 0 unspecified atom stereocenters. The molecule has 3 saturated heterocycles. The molecule has 2 aromatic rings. The molecule has 164 valence electrons. The minimum atomic E-state index is -1.26. The first-order valence-electron chi connectivity index (χ1n) is 10.3. The van der Waals surface area contributed by atoms with Crippen molar-refractivity contribution in [3.05, 3.63) is 60.2 Å². The van der Waals surface area contributed by atoms with Gasteiger partial charge in [0.25, 0.3) is 0 Å². The number of rotatable bonds is 5. The summed E-state index contributed by atoms with van der Waals surface area (Å²) in [5.41, 5.74) is 10.3. The van der Waals surface area contributed by atoms with E-state index in [0.717, 1.165) is 35.0 Å². The molecule has 2 aromatic carbocycles. The number of nitrogens with zero attached hydrogens (tertiary/aromatic N) is 1. The number of carboxylic acids is 2. The third-order valence-corrected chi connectivity index (χ3v) is 5.72. The Morgan fingerprint density at radius 1 is 1.00 bits per heavy atom. The van der Waals surface area contributed by atoms with E-state index >= 15 is 0 Å². The number of nitrogens with two attached hydrogens (primary N) is 1. The second-order valence-electron chi connectivity index (χ2n) is 7.90. The summed E-state index contributed by atoms with van der Waals surface area (Å²) in [6.07, 6.45) is 4.04. The van der Waals surface area contributed by atoms with Crippen LogP contribution in [-0.4, -0.2) is 52.8 Å². The van der Waals surface area contributed by atoms with E-state index < -0.39 is 11.9 Å². The minimum Gasteiger partial charge on any atom is -0.489 e. The lowest BCUT2D eigenvalue weighted by molar-refractivity contribution is -0.134. The van der Waals surface area contributed by atoms with Gasteiger partial charge in [-0.05, 0) is 73.7 Å². The summed E-state index contributed by atoms with van der Waals surface area (Å²) in [4.78, 5) is 21.6. The highest BCUT2D eigenvalue weighted by atomic mass is 16.5. The topological polar surface area (TPSA) is 113 Å². The molecule has 3 aliphatic heterocycles. The summed E-state index contributed by atoms with van der Waals surface area (Å²) in [5.74, 6) is -0.802. The molecule has 7 heteroatoms. The third kappa shape index (κ3) is 6.33. The van der Waals surface area contributed by atoms with Gasteiger partial charge >= 0.3 is 11.9 Å². The zero-order chi connectivity index (χ0) is 22.4. The summed E-state index contributed by atoms with van der Waals surface area (Å²) in [5, 5.41) is 15.6. The second kappa shape index (κ2) is 10.1. The number of fused-ring (bicyclic) bond motifs is 3. The minimum absolute atomic E-state index is 0.360. The van der Waals surface area contributed by atoms with E-state index in [9.17, 15) is 9.59 Å². The van der Waals surface area contributed by atoms with Gasteiger partial charge in [0.2, 0.25) is 0 Å². The Balaban J connectivity index is 0.000000293. The van der Waals surface area contributed by atoms with Crippen LogP contribution in [0.3, 0.4) is 0 Å². The fraction of sp³-hybridized carbons (Fsp3) is 0.333. The van der Waals surface area contributed by atoms with E-state index in [1.54, 1.807) is 0 Å². The van der Waals surface area contributed by atoms with Crippen LogP contribution in [0.2, 0.25) is 0 Å². The average molecular weight is 424 g/mol. The van der Waals surface area contributed by atoms with Crippen LogP contribution in [0, 0.1) is 12.8 Å². The zero-order valence-electron chi connectivity index (χ0n) is 17.5. The molecule has 3 fully saturated rings. The predicted octanol–water partition coefficient (Wildman–Crippen LogP) is 3.43. The quantitative estimate of drug-likeness (QED) is 0.498. The summed E-state index contributed by atoms with van der Waals surface area (Å²) in [6, 6.07) is 14.7. The van der Waals surface area contributed by atoms with E-state index in [4.69, 9.17) is 20.7 Å². The van der Waals surface area contributed by atoms with E-state index in [1.165, 1.54) is 31.5 Å². The number of aryl methyl sites for hydroxylation is 1. The van der Waals surface area contributed by atoms with Crippen molar-refractivity contribution in [2.24, 2.45) is 5.92 Å². The van der Waals surface area contributed by atoms with Gasteiger partial charge in [0, 0.05) is 24.4 Å². The molecule has 0 aliphatic carbocycles. The highest BCUT2D eigenvalue weighted by Gasteiger charge is 2.35. The Morgan fingerprint density at radius 2 is 1.58 bits per heavy atom. The molecule has 0 amide bonds. The fourth-order valence-electron chi connectivity index (χ4n) is 3.91. The Bertz CT molecular complexity index is 931. The molecular weight excluding hydrogens is 396 g/mol. The normalized spacial score (nSPS) is 21.9. The maximum atomic E-state index is 9.55. The van der Waals surface area contributed by atoms with Crippen LogP contribution in [0.15, 0.2) is 54.6 Å². The Morgan fingerprint density at radius 3 is 2.06 bits per heavy atom. The Labute approximate surface area is 181 Å². The van der Waals surface area contributed by atoms with Crippen LogP contribution in [-0.2, 0) is 9.59 Å². The summed E-state index contributed by atoms with van der Waals surface area (Å²) in [7, 11) is 0. The van der Waals surface area contributed by atoms with Crippen molar-refractivity contribution in [1.82, 2.24) is 4.90 Å². The molecule has 0 radical (unpaired) electrons. The molecule has 0 aromatic heterocycles. The van der Waals surface area contributed by atoms with Crippen molar-refractivity contribution in [2.75, 3.05) is 25.4 Å². The first kappa shape index (κ1) is 22.4. The molecule has 0 spiro atoms. The maximum absolute atomic E-state index is 9.55. The predicted molar refractivity (Wildman–Crippen MR) is 119 cm³/mol. The Kier molecular flexibility index (Phi) is 7.31. The molecule has 31 heavy (non-hydrogen) atoms. The number of nitrogen functional groups attached to an aromatic ring is 1. The number of carboxylic acid groups (broad SMARTS) is 2. The highest BCUT2D eigenvalue weighted by molar-refractivity contribution is 5.89. The number of hydrogen-bond donors (Lipinski definition) is 3. The molecule has 2 bridgehead atoms. The van der Waals surface area contributed by atoms with Crippen molar-refractivity contribution in [3.63, 3.8) is 0 Å². The van der Waals surface area contributed by atoms with Gasteiger partial charge in [-0.25, -0.2) is 9.59 Å². The van der Waals surface area contributed by atoms with Crippen LogP contribution in [0.1, 0.15) is 18.4 Å². The second-order valence-corrected chi connectivity index (χ2v) is 7.90. The van der Waals surface area contributed by atoms with E-state index in [2.05, 4.69) is 41.3 Å².